The van der Waals surface area contributed by atoms with Gasteiger partial charge in [0.1, 0.15) is 12.2 Å². The molecule has 0 amide bonds. The van der Waals surface area contributed by atoms with E-state index in [1.54, 1.807) is 0 Å². The smallest absolute Gasteiger partial charge is 0.547 e. The Balaban J connectivity index is 0. The molecule has 10 heavy (non-hydrogen) atoms. The van der Waals surface area contributed by atoms with Crippen molar-refractivity contribution in [1.82, 2.24) is 0 Å². The van der Waals surface area contributed by atoms with Crippen molar-refractivity contribution >= 4 is 5.97 Å². The zero-order valence-corrected chi connectivity index (χ0v) is 8.64. The molecule has 0 heterocycles. The van der Waals surface area contributed by atoms with E-state index in [9.17, 15) is 9.90 Å². The number of carboxylic acids is 1. The Bertz CT molecular complexity index is 106. The van der Waals surface area contributed by atoms with Crippen molar-refractivity contribution in [3.05, 3.63) is 0 Å². The Kier molecular flexibility index (Phi) is 9.07. The van der Waals surface area contributed by atoms with Gasteiger partial charge in [0.05, 0.1) is 12.6 Å². The van der Waals surface area contributed by atoms with Crippen LogP contribution in [0.4, 0.5) is 0 Å². The average molecular weight is 174 g/mol. The van der Waals surface area contributed by atoms with Gasteiger partial charge in [0.15, 0.2) is 0 Å². The van der Waals surface area contributed by atoms with Crippen molar-refractivity contribution in [3.8, 4) is 0 Å². The maximum absolute atomic E-state index is 9.67. The number of hydrogen-bond acceptors (Lipinski definition) is 5. The fourth-order valence-electron chi connectivity index (χ4n) is 0.257. The van der Waals surface area contributed by atoms with Gasteiger partial charge in [-0.1, -0.05) is 0 Å². The van der Waals surface area contributed by atoms with Crippen LogP contribution in [0.3, 0.4) is 0 Å². The van der Waals surface area contributed by atoms with Crippen molar-refractivity contribution < 1.29 is 76.6 Å². The minimum atomic E-state index is -2.00. The summed E-state index contributed by atoms with van der Waals surface area (Å²) in [6, 6.07) is 0. The first kappa shape index (κ1) is 13.6. The SMILES string of the molecule is O=C([O-])[C@@H](O)[C@H](O)CO.[K+]. The molecule has 0 spiro atoms. The van der Waals surface area contributed by atoms with E-state index in [0.717, 1.165) is 0 Å². The minimum Gasteiger partial charge on any atom is -0.547 e. The van der Waals surface area contributed by atoms with Crippen molar-refractivity contribution in [1.29, 1.82) is 0 Å². The fraction of sp³-hybridized carbons (Fsp3) is 0.750. The number of hydrogen-bond donors (Lipinski definition) is 3. The summed E-state index contributed by atoms with van der Waals surface area (Å²) in [4.78, 5) is 9.67. The van der Waals surface area contributed by atoms with E-state index in [4.69, 9.17) is 15.3 Å². The van der Waals surface area contributed by atoms with Gasteiger partial charge in [-0.15, -0.1) is 0 Å². The van der Waals surface area contributed by atoms with Crippen LogP contribution in [0.25, 0.3) is 0 Å². The Hall–Kier alpha value is 0.986. The quantitative estimate of drug-likeness (QED) is 0.369. The summed E-state index contributed by atoms with van der Waals surface area (Å²) < 4.78 is 0. The van der Waals surface area contributed by atoms with E-state index in [-0.39, 0.29) is 51.4 Å². The zero-order valence-electron chi connectivity index (χ0n) is 5.52. The molecule has 2 atom stereocenters. The maximum atomic E-state index is 9.67. The van der Waals surface area contributed by atoms with E-state index in [1.807, 2.05) is 0 Å². The molecule has 3 N–H and O–H groups in total. The van der Waals surface area contributed by atoms with Gasteiger partial charge in [-0.2, -0.15) is 0 Å². The molecule has 6 heteroatoms. The van der Waals surface area contributed by atoms with E-state index in [2.05, 4.69) is 0 Å². The summed E-state index contributed by atoms with van der Waals surface area (Å²) >= 11 is 0. The Morgan fingerprint density at radius 2 is 1.90 bits per heavy atom. The van der Waals surface area contributed by atoms with Gasteiger partial charge in [-0.25, -0.2) is 0 Å². The van der Waals surface area contributed by atoms with Gasteiger partial charge in [-0.3, -0.25) is 0 Å². The maximum Gasteiger partial charge on any atom is 1.00 e. The van der Waals surface area contributed by atoms with Crippen molar-refractivity contribution in [3.63, 3.8) is 0 Å². The molecule has 0 radical (unpaired) electrons. The van der Waals surface area contributed by atoms with E-state index < -0.39 is 24.8 Å². The molecular formula is C4H7KO5. The second-order valence-corrected chi connectivity index (χ2v) is 1.51. The molecule has 0 rings (SSSR count). The van der Waals surface area contributed by atoms with Gasteiger partial charge in [-0.05, 0) is 0 Å². The van der Waals surface area contributed by atoms with Gasteiger partial charge >= 0.3 is 51.4 Å². The summed E-state index contributed by atoms with van der Waals surface area (Å²) in [6.07, 6.45) is -3.66. The summed E-state index contributed by atoms with van der Waals surface area (Å²) in [5.41, 5.74) is 0. The molecule has 0 saturated carbocycles. The molecule has 54 valence electrons. The van der Waals surface area contributed by atoms with Crippen molar-refractivity contribution in [2.75, 3.05) is 6.61 Å². The molecular weight excluding hydrogens is 167 g/mol. The largest absolute Gasteiger partial charge is 1.00 e. The summed E-state index contributed by atoms with van der Waals surface area (Å²) in [7, 11) is 0. The number of rotatable bonds is 3. The fourth-order valence-corrected chi connectivity index (χ4v) is 0.257. The molecule has 0 saturated heterocycles. The molecule has 0 aromatic heterocycles. The predicted molar refractivity (Wildman–Crippen MR) is 24.1 cm³/mol. The molecule has 0 aliphatic heterocycles. The van der Waals surface area contributed by atoms with Crippen LogP contribution in [0, 0.1) is 0 Å². The number of aliphatic carboxylic acids is 1. The molecule has 0 unspecified atom stereocenters. The number of carboxylic acid groups (broad SMARTS) is 1. The van der Waals surface area contributed by atoms with Crippen LogP contribution in [-0.2, 0) is 4.79 Å². The molecule has 0 fully saturated rings. The molecule has 0 aromatic carbocycles. The Morgan fingerprint density at radius 1 is 1.50 bits per heavy atom. The summed E-state index contributed by atoms with van der Waals surface area (Å²) in [6.45, 7) is -0.796. The van der Waals surface area contributed by atoms with Crippen LogP contribution in [0.15, 0.2) is 0 Å². The van der Waals surface area contributed by atoms with Crippen LogP contribution in [0.1, 0.15) is 0 Å². The van der Waals surface area contributed by atoms with E-state index in [0.29, 0.717) is 0 Å². The standard InChI is InChI=1S/C4H8O5.K/c5-1-2(6)3(7)4(8)9;/h2-3,5-7H,1H2,(H,8,9);/q;+1/p-1/t2-,3+;/m1./s1. The summed E-state index contributed by atoms with van der Waals surface area (Å²) in [5.74, 6) is -1.79. The van der Waals surface area contributed by atoms with Crippen LogP contribution in [-0.4, -0.2) is 40.1 Å². The van der Waals surface area contributed by atoms with Crippen molar-refractivity contribution in [2.24, 2.45) is 0 Å². The van der Waals surface area contributed by atoms with Gasteiger partial charge in [0.2, 0.25) is 0 Å². The third-order valence-corrected chi connectivity index (χ3v) is 0.793. The Labute approximate surface area is 100 Å². The first-order chi connectivity index (χ1) is 4.09. The number of carbonyl (C=O) groups excluding carboxylic acids is 1. The molecule has 0 aromatic rings. The van der Waals surface area contributed by atoms with Gasteiger partial charge in [0, 0.05) is 0 Å². The molecule has 0 aliphatic carbocycles. The monoisotopic (exact) mass is 174 g/mol. The zero-order chi connectivity index (χ0) is 7.44. The third-order valence-electron chi connectivity index (χ3n) is 0.793. The van der Waals surface area contributed by atoms with E-state index >= 15 is 0 Å². The van der Waals surface area contributed by atoms with E-state index in [1.165, 1.54) is 0 Å². The normalized spacial score (nSPS) is 15.1. The second kappa shape index (κ2) is 6.68. The van der Waals surface area contributed by atoms with Crippen LogP contribution >= 0.6 is 0 Å². The molecule has 0 aliphatic rings. The van der Waals surface area contributed by atoms with Crippen LogP contribution in [0.2, 0.25) is 0 Å². The molecule has 0 bridgehead atoms. The number of aliphatic hydroxyl groups is 3. The number of aliphatic hydroxyl groups excluding tert-OH is 3. The van der Waals surface area contributed by atoms with Crippen LogP contribution < -0.4 is 56.5 Å². The second-order valence-electron chi connectivity index (χ2n) is 1.51. The van der Waals surface area contributed by atoms with Gasteiger partial charge < -0.3 is 25.2 Å². The number of carbonyl (C=O) groups is 1. The van der Waals surface area contributed by atoms with Gasteiger partial charge in [0.25, 0.3) is 0 Å². The third kappa shape index (κ3) is 4.75. The molecule has 5 nitrogen and oxygen atoms in total. The minimum absolute atomic E-state index is 0. The Morgan fingerprint density at radius 3 is 2.00 bits per heavy atom. The summed E-state index contributed by atoms with van der Waals surface area (Å²) in [5, 5.41) is 34.4. The first-order valence-corrected chi connectivity index (χ1v) is 2.27. The first-order valence-electron chi connectivity index (χ1n) is 2.27. The van der Waals surface area contributed by atoms with Crippen LogP contribution in [0.5, 0.6) is 0 Å². The topological polar surface area (TPSA) is 101 Å². The predicted octanol–water partition coefficient (Wildman–Crippen LogP) is -6.55. The average Bonchev–Trinajstić information content (AvgIpc) is 1.84. The van der Waals surface area contributed by atoms with Crippen molar-refractivity contribution in [2.45, 2.75) is 12.2 Å².